The van der Waals surface area contributed by atoms with Crippen LogP contribution in [0.2, 0.25) is 90.7 Å². The maximum atomic E-state index is 10.8. The quantitative estimate of drug-likeness (QED) is 0.171. The first-order chi connectivity index (χ1) is 19.3. The van der Waals surface area contributed by atoms with E-state index in [1.807, 2.05) is 24.3 Å². The second-order valence-corrected chi connectivity index (χ2v) is 38.5. The zero-order chi connectivity index (χ0) is 33.1. The molecule has 2 aromatic rings. The van der Waals surface area contributed by atoms with Gasteiger partial charge in [-0.05, 0) is 151 Å². The molecular weight excluding hydrogens is 629 g/mol. The Labute approximate surface area is 276 Å². The SMILES string of the molecule is C.CC(C)(c1ccc(O)c(CCC[Si](C)(C)O[Si](C)(C)C)c1)c1ccc(O)c(CCC[Si](C)(O[Si](C)(C)C)O[Si](C)(C)C)c1. The summed E-state index contributed by atoms with van der Waals surface area (Å²) in [6.45, 7) is 31.5. The first-order valence-corrected chi connectivity index (χ1v) is 31.9. The Morgan fingerprint density at radius 3 is 1.30 bits per heavy atom. The van der Waals surface area contributed by atoms with Gasteiger partial charge in [-0.25, -0.2) is 0 Å². The Bertz CT molecular complexity index is 1190. The van der Waals surface area contributed by atoms with Gasteiger partial charge >= 0.3 is 8.56 Å². The summed E-state index contributed by atoms with van der Waals surface area (Å²) in [7, 11) is -9.12. The van der Waals surface area contributed by atoms with E-state index in [0.717, 1.165) is 54.5 Å². The second kappa shape index (κ2) is 15.3. The molecule has 0 atom stereocenters. The molecule has 2 rings (SSSR count). The van der Waals surface area contributed by atoms with Gasteiger partial charge in [0.1, 0.15) is 11.5 Å². The van der Waals surface area contributed by atoms with E-state index in [2.05, 4.69) is 105 Å². The Balaban J connectivity index is 0.00000968. The first kappa shape index (κ1) is 41.0. The molecule has 0 aliphatic carbocycles. The Kier molecular flexibility index (Phi) is 14.2. The predicted molar refractivity (Wildman–Crippen MR) is 204 cm³/mol. The molecule has 0 bridgehead atoms. The summed E-state index contributed by atoms with van der Waals surface area (Å²) in [6.07, 6.45) is 3.54. The van der Waals surface area contributed by atoms with Gasteiger partial charge in [0.25, 0.3) is 0 Å². The summed E-state index contributed by atoms with van der Waals surface area (Å²) in [5, 5.41) is 21.5. The molecule has 0 heterocycles. The van der Waals surface area contributed by atoms with Crippen molar-refractivity contribution >= 4 is 41.8 Å². The molecule has 2 N–H and O–H groups in total. The van der Waals surface area contributed by atoms with Crippen LogP contribution in [0.5, 0.6) is 11.5 Å². The minimum Gasteiger partial charge on any atom is -0.508 e. The summed E-state index contributed by atoms with van der Waals surface area (Å²) in [4.78, 5) is 0. The standard InChI is InChI=1S/C33H62O5Si5.CH4/c1-33(2,29-19-21-31(34)27(25-29)17-15-23-42(12,13)36-39(3,4)5)30-20-22-32(35)28(26-30)18-16-24-43(14,37-40(6,7)8)38-41(9,10)11;/h19-22,25-26,34-35H,15-18,23-24H2,1-14H3;1H4. The van der Waals surface area contributed by atoms with Gasteiger partial charge in [0.2, 0.25) is 0 Å². The van der Waals surface area contributed by atoms with E-state index < -0.39 is 41.8 Å². The molecule has 252 valence electrons. The highest BCUT2D eigenvalue weighted by atomic mass is 28.5. The van der Waals surface area contributed by atoms with E-state index in [-0.39, 0.29) is 12.8 Å². The molecular formula is C34H66O5Si5. The van der Waals surface area contributed by atoms with Gasteiger partial charge in [0, 0.05) is 5.41 Å². The number of aromatic hydroxyl groups is 2. The third-order valence-electron chi connectivity index (χ3n) is 7.53. The molecule has 0 radical (unpaired) electrons. The van der Waals surface area contributed by atoms with Crippen LogP contribution in [0.25, 0.3) is 0 Å². The number of phenols is 2. The highest BCUT2D eigenvalue weighted by molar-refractivity contribution is 6.87. The van der Waals surface area contributed by atoms with Crippen molar-refractivity contribution in [2.75, 3.05) is 0 Å². The molecule has 0 spiro atoms. The van der Waals surface area contributed by atoms with Crippen LogP contribution in [0.4, 0.5) is 0 Å². The summed E-state index contributed by atoms with van der Waals surface area (Å²) in [6, 6.07) is 14.1. The fourth-order valence-corrected chi connectivity index (χ4v) is 26.7. The zero-order valence-corrected chi connectivity index (χ0v) is 34.8. The normalized spacial score (nSPS) is 13.6. The maximum Gasteiger partial charge on any atom is 0.314 e. The van der Waals surface area contributed by atoms with Crippen LogP contribution in [0.1, 0.15) is 56.4 Å². The third kappa shape index (κ3) is 13.8. The van der Waals surface area contributed by atoms with Crippen LogP contribution in [-0.2, 0) is 30.6 Å². The highest BCUT2D eigenvalue weighted by Crippen LogP contribution is 2.37. The third-order valence-corrected chi connectivity index (χ3v) is 23.4. The fraction of sp³-hybridized carbons (Fsp3) is 0.647. The number of hydrogen-bond acceptors (Lipinski definition) is 5. The summed E-state index contributed by atoms with van der Waals surface area (Å²) in [5.74, 6) is 0.712. The zero-order valence-electron chi connectivity index (χ0n) is 29.8. The van der Waals surface area contributed by atoms with Crippen molar-refractivity contribution in [1.82, 2.24) is 0 Å². The maximum absolute atomic E-state index is 10.8. The van der Waals surface area contributed by atoms with Crippen LogP contribution < -0.4 is 0 Å². The molecule has 44 heavy (non-hydrogen) atoms. The van der Waals surface area contributed by atoms with E-state index in [4.69, 9.17) is 12.3 Å². The number of benzene rings is 2. The fourth-order valence-electron chi connectivity index (χ4n) is 6.12. The van der Waals surface area contributed by atoms with Crippen molar-refractivity contribution in [2.24, 2.45) is 0 Å². The lowest BCUT2D eigenvalue weighted by molar-refractivity contribution is 0.381. The van der Waals surface area contributed by atoms with Crippen molar-refractivity contribution < 1.29 is 22.6 Å². The average molecular weight is 695 g/mol. The second-order valence-electron chi connectivity index (χ2n) is 16.6. The summed E-state index contributed by atoms with van der Waals surface area (Å²) >= 11 is 0. The largest absolute Gasteiger partial charge is 0.508 e. The number of phenolic OH excluding ortho intramolecular Hbond substituents is 2. The number of rotatable bonds is 16. The lowest BCUT2D eigenvalue weighted by Gasteiger charge is -2.38. The van der Waals surface area contributed by atoms with Gasteiger partial charge in [0.15, 0.2) is 33.3 Å². The van der Waals surface area contributed by atoms with Gasteiger partial charge in [-0.15, -0.1) is 0 Å². The lowest BCUT2D eigenvalue weighted by Crippen LogP contribution is -2.52. The van der Waals surface area contributed by atoms with Crippen molar-refractivity contribution in [3.63, 3.8) is 0 Å². The molecule has 10 heteroatoms. The topological polar surface area (TPSA) is 68.2 Å². The van der Waals surface area contributed by atoms with E-state index >= 15 is 0 Å². The van der Waals surface area contributed by atoms with E-state index in [1.165, 1.54) is 5.56 Å². The molecule has 0 aliphatic rings. The van der Waals surface area contributed by atoms with Crippen molar-refractivity contribution in [3.8, 4) is 11.5 Å². The van der Waals surface area contributed by atoms with Gasteiger partial charge in [-0.2, -0.15) is 0 Å². The van der Waals surface area contributed by atoms with Gasteiger partial charge in [-0.1, -0.05) is 45.5 Å². The molecule has 2 aromatic carbocycles. The molecule has 0 saturated heterocycles. The van der Waals surface area contributed by atoms with Gasteiger partial charge in [0.05, 0.1) is 0 Å². The van der Waals surface area contributed by atoms with E-state index in [9.17, 15) is 10.2 Å². The van der Waals surface area contributed by atoms with Crippen LogP contribution >= 0.6 is 0 Å². The van der Waals surface area contributed by atoms with Crippen molar-refractivity contribution in [2.45, 2.75) is 143 Å². The number of hydrogen-bond donors (Lipinski definition) is 2. The molecule has 0 aromatic heterocycles. The van der Waals surface area contributed by atoms with Crippen molar-refractivity contribution in [1.29, 1.82) is 0 Å². The molecule has 5 nitrogen and oxygen atoms in total. The smallest absolute Gasteiger partial charge is 0.314 e. The minimum absolute atomic E-state index is 0. The Morgan fingerprint density at radius 2 is 0.932 bits per heavy atom. The summed E-state index contributed by atoms with van der Waals surface area (Å²) in [5.41, 5.74) is 4.00. The van der Waals surface area contributed by atoms with Gasteiger partial charge < -0.3 is 22.6 Å². The Hall–Kier alpha value is -0.996. The average Bonchev–Trinajstić information content (AvgIpc) is 2.77. The minimum atomic E-state index is -2.33. The van der Waals surface area contributed by atoms with Crippen LogP contribution in [0, 0.1) is 0 Å². The molecule has 0 fully saturated rings. The monoisotopic (exact) mass is 694 g/mol. The number of aryl methyl sites for hydroxylation is 2. The molecule has 0 aliphatic heterocycles. The van der Waals surface area contributed by atoms with Gasteiger partial charge in [-0.3, -0.25) is 0 Å². The lowest BCUT2D eigenvalue weighted by atomic mass is 9.76. The first-order valence-electron chi connectivity index (χ1n) is 16.1. The van der Waals surface area contributed by atoms with E-state index in [1.54, 1.807) is 0 Å². The Morgan fingerprint density at radius 1 is 0.568 bits per heavy atom. The van der Waals surface area contributed by atoms with Crippen LogP contribution in [0.15, 0.2) is 36.4 Å². The van der Waals surface area contributed by atoms with Crippen LogP contribution in [0.3, 0.4) is 0 Å². The highest BCUT2D eigenvalue weighted by Gasteiger charge is 2.40. The predicted octanol–water partition coefficient (Wildman–Crippen LogP) is 10.8. The molecule has 0 amide bonds. The molecule has 0 unspecified atom stereocenters. The van der Waals surface area contributed by atoms with Crippen molar-refractivity contribution in [3.05, 3.63) is 58.7 Å². The van der Waals surface area contributed by atoms with E-state index in [0.29, 0.717) is 11.5 Å². The molecule has 0 saturated carbocycles. The van der Waals surface area contributed by atoms with Crippen LogP contribution in [-0.4, -0.2) is 52.0 Å². The summed E-state index contributed by atoms with van der Waals surface area (Å²) < 4.78 is 19.9.